The topological polar surface area (TPSA) is 70.3 Å². The molecule has 5 heteroatoms. The lowest BCUT2D eigenvalue weighted by Crippen LogP contribution is -1.96. The number of rotatable bonds is 3. The molecule has 4 nitrogen and oxygen atoms in total. The molecule has 0 spiro atoms. The van der Waals surface area contributed by atoms with Gasteiger partial charge in [-0.3, -0.25) is 0 Å². The normalized spacial score (nSPS) is 9.85. The summed E-state index contributed by atoms with van der Waals surface area (Å²) < 4.78 is 5.64. The van der Waals surface area contributed by atoms with Gasteiger partial charge in [0.05, 0.1) is 22.2 Å². The maximum Gasteiger partial charge on any atom is 0.335 e. The van der Waals surface area contributed by atoms with Gasteiger partial charge in [0.25, 0.3) is 0 Å². The van der Waals surface area contributed by atoms with Crippen molar-refractivity contribution in [3.05, 3.63) is 58.1 Å². The minimum absolute atomic E-state index is 0.0878. The Hall–Kier alpha value is -2.51. The molecule has 0 aliphatic heterocycles. The van der Waals surface area contributed by atoms with Crippen molar-refractivity contribution < 1.29 is 14.6 Å². The van der Waals surface area contributed by atoms with Crippen LogP contribution in [0.25, 0.3) is 0 Å². The summed E-state index contributed by atoms with van der Waals surface area (Å²) in [6.45, 7) is 1.84. The van der Waals surface area contributed by atoms with Crippen molar-refractivity contribution in [3.63, 3.8) is 0 Å². The minimum atomic E-state index is -1.05. The Morgan fingerprint density at radius 1 is 1.25 bits per heavy atom. The van der Waals surface area contributed by atoms with E-state index in [9.17, 15) is 4.79 Å². The molecule has 0 amide bonds. The number of hydrogen-bond acceptors (Lipinski definition) is 3. The minimum Gasteiger partial charge on any atom is -0.478 e. The molecule has 2 aromatic carbocycles. The van der Waals surface area contributed by atoms with Crippen LogP contribution >= 0.6 is 11.6 Å². The Morgan fingerprint density at radius 3 is 2.60 bits per heavy atom. The summed E-state index contributed by atoms with van der Waals surface area (Å²) in [5.74, 6) is -0.204. The third-order valence-corrected chi connectivity index (χ3v) is 3.01. The molecule has 2 rings (SSSR count). The number of hydrogen-bond donors (Lipinski definition) is 1. The highest BCUT2D eigenvalue weighted by Gasteiger charge is 2.10. The smallest absolute Gasteiger partial charge is 0.335 e. The van der Waals surface area contributed by atoms with Crippen molar-refractivity contribution in [1.29, 1.82) is 5.26 Å². The van der Waals surface area contributed by atoms with Gasteiger partial charge >= 0.3 is 5.97 Å². The third-order valence-electron chi connectivity index (χ3n) is 2.72. The predicted octanol–water partition coefficient (Wildman–Crippen LogP) is 4.01. The van der Waals surface area contributed by atoms with Crippen LogP contribution in [0, 0.1) is 18.3 Å². The quantitative estimate of drug-likeness (QED) is 0.926. The molecule has 0 unspecified atom stereocenters. The van der Waals surface area contributed by atoms with E-state index in [2.05, 4.69) is 0 Å². The molecular formula is C15H10ClNO3. The SMILES string of the molecule is Cc1ccc(C#N)cc1Oc1ccc(C(=O)O)cc1Cl. The zero-order valence-electron chi connectivity index (χ0n) is 10.6. The molecule has 0 fully saturated rings. The zero-order chi connectivity index (χ0) is 14.7. The molecule has 0 aliphatic carbocycles. The lowest BCUT2D eigenvalue weighted by atomic mass is 10.1. The van der Waals surface area contributed by atoms with Gasteiger partial charge in [-0.05, 0) is 42.8 Å². The Kier molecular flexibility index (Phi) is 3.92. The molecule has 0 radical (unpaired) electrons. The highest BCUT2D eigenvalue weighted by molar-refractivity contribution is 6.32. The first-order valence-electron chi connectivity index (χ1n) is 5.72. The Morgan fingerprint density at radius 2 is 2.00 bits per heavy atom. The Bertz CT molecular complexity index is 720. The summed E-state index contributed by atoms with van der Waals surface area (Å²) in [5.41, 5.74) is 1.41. The molecule has 20 heavy (non-hydrogen) atoms. The fourth-order valence-electron chi connectivity index (χ4n) is 1.61. The van der Waals surface area contributed by atoms with E-state index in [1.807, 2.05) is 13.0 Å². The third kappa shape index (κ3) is 2.90. The largest absolute Gasteiger partial charge is 0.478 e. The second-order valence-electron chi connectivity index (χ2n) is 4.14. The van der Waals surface area contributed by atoms with Gasteiger partial charge in [-0.2, -0.15) is 5.26 Å². The van der Waals surface area contributed by atoms with Gasteiger partial charge < -0.3 is 9.84 Å². The second kappa shape index (κ2) is 5.64. The maximum absolute atomic E-state index is 10.8. The number of nitrogens with zero attached hydrogens (tertiary/aromatic N) is 1. The van der Waals surface area contributed by atoms with Crippen molar-refractivity contribution in [2.75, 3.05) is 0 Å². The van der Waals surface area contributed by atoms with Crippen LogP contribution in [-0.2, 0) is 0 Å². The van der Waals surface area contributed by atoms with Gasteiger partial charge in [-0.1, -0.05) is 17.7 Å². The van der Waals surface area contributed by atoms with Crippen LogP contribution in [-0.4, -0.2) is 11.1 Å². The first-order valence-corrected chi connectivity index (χ1v) is 6.10. The van der Waals surface area contributed by atoms with Crippen molar-refractivity contribution in [1.82, 2.24) is 0 Å². The number of aromatic carboxylic acids is 1. The lowest BCUT2D eigenvalue weighted by Gasteiger charge is -2.10. The molecule has 0 heterocycles. The first-order chi connectivity index (χ1) is 9.51. The number of halogens is 1. The van der Waals surface area contributed by atoms with Gasteiger partial charge in [0.1, 0.15) is 11.5 Å². The summed E-state index contributed by atoms with van der Waals surface area (Å²) in [7, 11) is 0. The van der Waals surface area contributed by atoms with Crippen molar-refractivity contribution in [2.24, 2.45) is 0 Å². The average Bonchev–Trinajstić information content (AvgIpc) is 2.43. The van der Waals surface area contributed by atoms with Gasteiger partial charge in [0, 0.05) is 0 Å². The lowest BCUT2D eigenvalue weighted by molar-refractivity contribution is 0.0697. The van der Waals surface area contributed by atoms with E-state index in [1.165, 1.54) is 18.2 Å². The van der Waals surface area contributed by atoms with E-state index in [1.54, 1.807) is 18.2 Å². The van der Waals surface area contributed by atoms with Gasteiger partial charge in [0.2, 0.25) is 0 Å². The van der Waals surface area contributed by atoms with Crippen LogP contribution in [0.1, 0.15) is 21.5 Å². The number of nitriles is 1. The number of carboxylic acids is 1. The number of carboxylic acid groups (broad SMARTS) is 1. The predicted molar refractivity (Wildman–Crippen MR) is 74.4 cm³/mol. The van der Waals surface area contributed by atoms with Crippen molar-refractivity contribution in [2.45, 2.75) is 6.92 Å². The fraction of sp³-hybridized carbons (Fsp3) is 0.0667. The van der Waals surface area contributed by atoms with E-state index in [4.69, 9.17) is 26.7 Å². The van der Waals surface area contributed by atoms with Gasteiger partial charge in [0.15, 0.2) is 0 Å². The van der Waals surface area contributed by atoms with E-state index in [0.717, 1.165) is 5.56 Å². The number of ether oxygens (including phenoxy) is 1. The van der Waals surface area contributed by atoms with Gasteiger partial charge in [-0.15, -0.1) is 0 Å². The van der Waals surface area contributed by atoms with Crippen molar-refractivity contribution in [3.8, 4) is 17.6 Å². The standard InChI is InChI=1S/C15H10ClNO3/c1-9-2-3-10(8-17)6-14(9)20-13-5-4-11(15(18)19)7-12(13)16/h2-7H,1H3,(H,18,19). The Balaban J connectivity index is 2.35. The molecule has 0 aromatic heterocycles. The maximum atomic E-state index is 10.8. The van der Waals surface area contributed by atoms with Crippen LogP contribution in [0.5, 0.6) is 11.5 Å². The van der Waals surface area contributed by atoms with E-state index in [0.29, 0.717) is 17.1 Å². The number of aryl methyl sites for hydroxylation is 1. The molecule has 0 atom stereocenters. The molecule has 0 bridgehead atoms. The molecule has 2 aromatic rings. The monoisotopic (exact) mass is 287 g/mol. The summed E-state index contributed by atoms with van der Waals surface area (Å²) in [5, 5.41) is 17.9. The molecule has 100 valence electrons. The van der Waals surface area contributed by atoms with Crippen LogP contribution in [0.4, 0.5) is 0 Å². The second-order valence-corrected chi connectivity index (χ2v) is 4.55. The molecular weight excluding hydrogens is 278 g/mol. The summed E-state index contributed by atoms with van der Waals surface area (Å²) in [6.07, 6.45) is 0. The van der Waals surface area contributed by atoms with E-state index < -0.39 is 5.97 Å². The molecule has 0 saturated carbocycles. The Labute approximate surface area is 120 Å². The van der Waals surface area contributed by atoms with Crippen LogP contribution in [0.15, 0.2) is 36.4 Å². The highest BCUT2D eigenvalue weighted by atomic mass is 35.5. The average molecular weight is 288 g/mol. The summed E-state index contributed by atoms with van der Waals surface area (Å²) >= 11 is 6.00. The first kappa shape index (κ1) is 13.9. The summed E-state index contributed by atoms with van der Waals surface area (Å²) in [4.78, 5) is 10.8. The molecule has 0 aliphatic rings. The van der Waals surface area contributed by atoms with Crippen LogP contribution < -0.4 is 4.74 Å². The van der Waals surface area contributed by atoms with Gasteiger partial charge in [-0.25, -0.2) is 4.79 Å². The van der Waals surface area contributed by atoms with E-state index in [-0.39, 0.29) is 10.6 Å². The molecule has 1 N–H and O–H groups in total. The van der Waals surface area contributed by atoms with Crippen LogP contribution in [0.2, 0.25) is 5.02 Å². The summed E-state index contributed by atoms with van der Waals surface area (Å²) in [6, 6.07) is 11.3. The van der Waals surface area contributed by atoms with Crippen LogP contribution in [0.3, 0.4) is 0 Å². The zero-order valence-corrected chi connectivity index (χ0v) is 11.3. The fourth-order valence-corrected chi connectivity index (χ4v) is 1.83. The number of benzene rings is 2. The van der Waals surface area contributed by atoms with Crippen molar-refractivity contribution >= 4 is 17.6 Å². The number of carbonyl (C=O) groups is 1. The van der Waals surface area contributed by atoms with E-state index >= 15 is 0 Å². The highest BCUT2D eigenvalue weighted by Crippen LogP contribution is 2.32. The molecule has 0 saturated heterocycles.